The minimum absolute atomic E-state index is 0.0419. The molecule has 1 unspecified atom stereocenters. The maximum Gasteiger partial charge on any atom is 0.318 e. The number of methoxy groups -OCH3 is 1. The van der Waals surface area contributed by atoms with Crippen LogP contribution in [-0.4, -0.2) is 33.9 Å². The Morgan fingerprint density at radius 3 is 2.83 bits per heavy atom. The van der Waals surface area contributed by atoms with Gasteiger partial charge in [0.2, 0.25) is 0 Å². The molecular formula is C18H24N4O2. The molecule has 6 nitrogen and oxygen atoms in total. The maximum absolute atomic E-state index is 12.8. The summed E-state index contributed by atoms with van der Waals surface area (Å²) in [4.78, 5) is 14.7. The third-order valence-electron chi connectivity index (χ3n) is 4.35. The summed E-state index contributed by atoms with van der Waals surface area (Å²) >= 11 is 0. The zero-order valence-corrected chi connectivity index (χ0v) is 14.4. The van der Waals surface area contributed by atoms with Crippen molar-refractivity contribution in [3.8, 4) is 5.75 Å². The van der Waals surface area contributed by atoms with E-state index in [1.54, 1.807) is 18.0 Å². The van der Waals surface area contributed by atoms with Crippen LogP contribution in [0.25, 0.3) is 0 Å². The van der Waals surface area contributed by atoms with Gasteiger partial charge in [-0.15, -0.1) is 0 Å². The number of urea groups is 1. The van der Waals surface area contributed by atoms with Crippen molar-refractivity contribution in [2.24, 2.45) is 7.05 Å². The molecule has 1 N–H and O–H groups in total. The maximum atomic E-state index is 12.8. The number of nitrogens with zero attached hydrogens (tertiary/aromatic N) is 3. The van der Waals surface area contributed by atoms with Gasteiger partial charge >= 0.3 is 6.03 Å². The summed E-state index contributed by atoms with van der Waals surface area (Å²) in [7, 11) is 3.53. The molecule has 1 aliphatic rings. The first-order chi connectivity index (χ1) is 11.6. The average Bonchev–Trinajstić information content (AvgIpc) is 3.32. The minimum Gasteiger partial charge on any atom is -0.496 e. The highest BCUT2D eigenvalue weighted by Crippen LogP contribution is 2.30. The Labute approximate surface area is 142 Å². The Kier molecular flexibility index (Phi) is 4.74. The summed E-state index contributed by atoms with van der Waals surface area (Å²) in [6, 6.07) is 8.04. The Balaban J connectivity index is 1.70. The van der Waals surface area contributed by atoms with Crippen LogP contribution in [0.15, 0.2) is 36.7 Å². The van der Waals surface area contributed by atoms with Crippen LogP contribution in [0.1, 0.15) is 36.9 Å². The number of carbonyl (C=O) groups is 1. The molecule has 1 saturated carbocycles. The summed E-state index contributed by atoms with van der Waals surface area (Å²) < 4.78 is 7.15. The first-order valence-corrected chi connectivity index (χ1v) is 8.26. The van der Waals surface area contributed by atoms with E-state index in [0.29, 0.717) is 12.6 Å². The van der Waals surface area contributed by atoms with Crippen molar-refractivity contribution in [2.45, 2.75) is 38.4 Å². The molecule has 3 rings (SSSR count). The molecule has 0 spiro atoms. The second kappa shape index (κ2) is 6.95. The summed E-state index contributed by atoms with van der Waals surface area (Å²) in [6.45, 7) is 2.53. The Morgan fingerprint density at radius 2 is 2.21 bits per heavy atom. The molecule has 6 heteroatoms. The number of hydrogen-bond acceptors (Lipinski definition) is 3. The van der Waals surface area contributed by atoms with E-state index in [1.807, 2.05) is 49.3 Å². The standard InChI is InChI=1S/C18H24N4O2/c1-13(15-10-19-21(2)11-15)20-18(23)22(16-8-9-16)12-14-6-4-5-7-17(14)24-3/h4-7,10-11,13,16H,8-9,12H2,1-3H3,(H,20,23). The number of aryl methyl sites for hydroxylation is 1. The van der Waals surface area contributed by atoms with Crippen LogP contribution in [0.3, 0.4) is 0 Å². The van der Waals surface area contributed by atoms with Crippen molar-refractivity contribution in [3.05, 3.63) is 47.8 Å². The molecule has 1 aromatic heterocycles. The number of para-hydroxylation sites is 1. The third-order valence-corrected chi connectivity index (χ3v) is 4.35. The third kappa shape index (κ3) is 3.69. The van der Waals surface area contributed by atoms with Crippen LogP contribution in [-0.2, 0) is 13.6 Å². The molecule has 0 bridgehead atoms. The lowest BCUT2D eigenvalue weighted by atomic mass is 10.2. The lowest BCUT2D eigenvalue weighted by Gasteiger charge is -2.25. The Hall–Kier alpha value is -2.50. The fourth-order valence-electron chi connectivity index (χ4n) is 2.79. The van der Waals surface area contributed by atoms with Gasteiger partial charge in [-0.2, -0.15) is 5.10 Å². The van der Waals surface area contributed by atoms with E-state index in [1.165, 1.54) is 0 Å². The fraction of sp³-hybridized carbons (Fsp3) is 0.444. The zero-order valence-electron chi connectivity index (χ0n) is 14.4. The normalized spacial score (nSPS) is 15.0. The highest BCUT2D eigenvalue weighted by atomic mass is 16.5. The van der Waals surface area contributed by atoms with E-state index in [2.05, 4.69) is 10.4 Å². The molecule has 1 aromatic carbocycles. The predicted molar refractivity (Wildman–Crippen MR) is 91.7 cm³/mol. The van der Waals surface area contributed by atoms with E-state index in [0.717, 1.165) is 29.7 Å². The molecule has 0 aliphatic heterocycles. The first-order valence-electron chi connectivity index (χ1n) is 8.26. The quantitative estimate of drug-likeness (QED) is 0.887. The molecule has 1 fully saturated rings. The summed E-state index contributed by atoms with van der Waals surface area (Å²) in [6.07, 6.45) is 5.83. The summed E-state index contributed by atoms with van der Waals surface area (Å²) in [5.41, 5.74) is 2.02. The van der Waals surface area contributed by atoms with Gasteiger partial charge in [0.1, 0.15) is 5.75 Å². The SMILES string of the molecule is COc1ccccc1CN(C(=O)NC(C)c1cnn(C)c1)C1CC1. The monoisotopic (exact) mass is 328 g/mol. The number of amides is 2. The average molecular weight is 328 g/mol. The molecule has 128 valence electrons. The van der Waals surface area contributed by atoms with Gasteiger partial charge in [-0.05, 0) is 25.8 Å². The van der Waals surface area contributed by atoms with E-state index in [-0.39, 0.29) is 12.1 Å². The number of benzene rings is 1. The molecule has 2 aromatic rings. The number of nitrogens with one attached hydrogen (secondary N) is 1. The van der Waals surface area contributed by atoms with Crippen molar-refractivity contribution in [1.82, 2.24) is 20.0 Å². The van der Waals surface area contributed by atoms with Crippen LogP contribution >= 0.6 is 0 Å². The van der Waals surface area contributed by atoms with Crippen molar-refractivity contribution in [3.63, 3.8) is 0 Å². The van der Waals surface area contributed by atoms with Crippen LogP contribution in [0.5, 0.6) is 5.75 Å². The Morgan fingerprint density at radius 1 is 1.46 bits per heavy atom. The second-order valence-electron chi connectivity index (χ2n) is 6.29. The van der Waals surface area contributed by atoms with Gasteiger partial charge < -0.3 is 15.0 Å². The zero-order chi connectivity index (χ0) is 17.1. The van der Waals surface area contributed by atoms with Crippen molar-refractivity contribution in [2.75, 3.05) is 7.11 Å². The topological polar surface area (TPSA) is 59.4 Å². The van der Waals surface area contributed by atoms with E-state index in [9.17, 15) is 4.79 Å². The number of hydrogen-bond donors (Lipinski definition) is 1. The van der Waals surface area contributed by atoms with Crippen LogP contribution in [0.4, 0.5) is 4.79 Å². The summed E-state index contributed by atoms with van der Waals surface area (Å²) in [5.74, 6) is 0.816. The van der Waals surface area contributed by atoms with Crippen LogP contribution in [0, 0.1) is 0 Å². The number of carbonyl (C=O) groups excluding carboxylic acids is 1. The fourth-order valence-corrected chi connectivity index (χ4v) is 2.79. The van der Waals surface area contributed by atoms with Crippen LogP contribution < -0.4 is 10.1 Å². The van der Waals surface area contributed by atoms with E-state index < -0.39 is 0 Å². The second-order valence-corrected chi connectivity index (χ2v) is 6.29. The molecule has 0 saturated heterocycles. The molecular weight excluding hydrogens is 304 g/mol. The van der Waals surface area contributed by atoms with Gasteiger partial charge in [-0.25, -0.2) is 4.79 Å². The minimum atomic E-state index is -0.0786. The van der Waals surface area contributed by atoms with Crippen LogP contribution in [0.2, 0.25) is 0 Å². The molecule has 0 radical (unpaired) electrons. The van der Waals surface area contributed by atoms with Gasteiger partial charge in [0.25, 0.3) is 0 Å². The lowest BCUT2D eigenvalue weighted by Crippen LogP contribution is -2.42. The highest BCUT2D eigenvalue weighted by Gasteiger charge is 2.33. The van der Waals surface area contributed by atoms with Gasteiger partial charge in [0.15, 0.2) is 0 Å². The van der Waals surface area contributed by atoms with Crippen molar-refractivity contribution in [1.29, 1.82) is 0 Å². The van der Waals surface area contributed by atoms with Crippen molar-refractivity contribution < 1.29 is 9.53 Å². The smallest absolute Gasteiger partial charge is 0.318 e. The molecule has 24 heavy (non-hydrogen) atoms. The first kappa shape index (κ1) is 16.4. The summed E-state index contributed by atoms with van der Waals surface area (Å²) in [5, 5.41) is 7.24. The molecule has 1 atom stereocenters. The van der Waals surface area contributed by atoms with Crippen molar-refractivity contribution >= 4 is 6.03 Å². The van der Waals surface area contributed by atoms with Gasteiger partial charge in [-0.1, -0.05) is 18.2 Å². The highest BCUT2D eigenvalue weighted by molar-refractivity contribution is 5.75. The molecule has 1 heterocycles. The van der Waals surface area contributed by atoms with E-state index >= 15 is 0 Å². The van der Waals surface area contributed by atoms with Gasteiger partial charge in [0, 0.05) is 30.4 Å². The van der Waals surface area contributed by atoms with E-state index in [4.69, 9.17) is 4.74 Å². The number of aromatic nitrogens is 2. The molecule has 1 aliphatic carbocycles. The van der Waals surface area contributed by atoms with Gasteiger partial charge in [-0.3, -0.25) is 4.68 Å². The predicted octanol–water partition coefficient (Wildman–Crippen LogP) is 2.86. The molecule has 2 amide bonds. The van der Waals surface area contributed by atoms with Gasteiger partial charge in [0.05, 0.1) is 25.9 Å². The largest absolute Gasteiger partial charge is 0.496 e. The number of ether oxygens (including phenoxy) is 1. The lowest BCUT2D eigenvalue weighted by molar-refractivity contribution is 0.188. The number of rotatable bonds is 6. The Bertz CT molecular complexity index is 709.